The number of ether oxygens (including phenoxy) is 1. The summed E-state index contributed by atoms with van der Waals surface area (Å²) in [5, 5.41) is 0. The second kappa shape index (κ2) is 7.94. The van der Waals surface area contributed by atoms with Crippen LogP contribution >= 0.6 is 0 Å². The van der Waals surface area contributed by atoms with E-state index in [-0.39, 0.29) is 18.0 Å². The van der Waals surface area contributed by atoms with Crippen LogP contribution in [0.25, 0.3) is 0 Å². The predicted molar refractivity (Wildman–Crippen MR) is 112 cm³/mol. The number of para-hydroxylation sites is 1. The summed E-state index contributed by atoms with van der Waals surface area (Å²) in [4.78, 5) is 2.61. The van der Waals surface area contributed by atoms with Gasteiger partial charge in [-0.2, -0.15) is 4.31 Å². The molecule has 160 valence electrons. The van der Waals surface area contributed by atoms with Crippen molar-refractivity contribution in [1.29, 1.82) is 0 Å². The van der Waals surface area contributed by atoms with Crippen molar-refractivity contribution in [3.05, 3.63) is 59.9 Å². The summed E-state index contributed by atoms with van der Waals surface area (Å²) in [6, 6.07) is 13.5. The van der Waals surface area contributed by atoms with Gasteiger partial charge in [0.05, 0.1) is 6.04 Å². The Morgan fingerprint density at radius 3 is 2.47 bits per heavy atom. The number of sulfonamides is 1. The lowest BCUT2D eigenvalue weighted by molar-refractivity contribution is 0.111. The molecule has 2 aliphatic heterocycles. The van der Waals surface area contributed by atoms with Gasteiger partial charge in [-0.1, -0.05) is 24.3 Å². The minimum atomic E-state index is -3.59. The first-order valence-electron chi connectivity index (χ1n) is 10.7. The molecular formula is C23H27FN2O3S. The van der Waals surface area contributed by atoms with Gasteiger partial charge in [-0.25, -0.2) is 12.8 Å². The molecule has 7 heteroatoms. The Hall–Kier alpha value is -1.96. The highest BCUT2D eigenvalue weighted by molar-refractivity contribution is 7.89. The minimum absolute atomic E-state index is 0.166. The lowest BCUT2D eigenvalue weighted by Crippen LogP contribution is -2.48. The molecule has 1 saturated heterocycles. The third-order valence-electron chi connectivity index (χ3n) is 6.44. The van der Waals surface area contributed by atoms with Crippen LogP contribution in [0.1, 0.15) is 31.2 Å². The van der Waals surface area contributed by atoms with Gasteiger partial charge < -0.3 is 4.74 Å². The zero-order valence-corrected chi connectivity index (χ0v) is 17.7. The second-order valence-electron chi connectivity index (χ2n) is 8.67. The van der Waals surface area contributed by atoms with Crippen molar-refractivity contribution in [2.75, 3.05) is 19.6 Å². The van der Waals surface area contributed by atoms with Crippen molar-refractivity contribution < 1.29 is 17.5 Å². The van der Waals surface area contributed by atoms with Crippen molar-refractivity contribution in [3.63, 3.8) is 0 Å². The molecule has 5 nitrogen and oxygen atoms in total. The Balaban J connectivity index is 1.42. The third kappa shape index (κ3) is 3.98. The summed E-state index contributed by atoms with van der Waals surface area (Å²) in [6.07, 6.45) is 3.52. The zero-order chi connectivity index (χ0) is 20.7. The van der Waals surface area contributed by atoms with Crippen LogP contribution in [0, 0.1) is 11.7 Å². The number of likely N-dealkylation sites (tertiary alicyclic amines) is 1. The third-order valence-corrected chi connectivity index (χ3v) is 8.37. The van der Waals surface area contributed by atoms with Crippen LogP contribution in [0.5, 0.6) is 5.75 Å². The van der Waals surface area contributed by atoms with E-state index in [0.29, 0.717) is 23.1 Å². The number of nitrogens with zero attached hydrogens (tertiary/aromatic N) is 2. The Kier molecular flexibility index (Phi) is 5.29. The maximum atomic E-state index is 13.6. The maximum Gasteiger partial charge on any atom is 0.247 e. The van der Waals surface area contributed by atoms with Gasteiger partial charge in [0.1, 0.15) is 22.6 Å². The molecule has 0 bridgehead atoms. The Labute approximate surface area is 177 Å². The van der Waals surface area contributed by atoms with Gasteiger partial charge in [-0.05, 0) is 61.4 Å². The van der Waals surface area contributed by atoms with Gasteiger partial charge >= 0.3 is 0 Å². The van der Waals surface area contributed by atoms with Crippen LogP contribution in [0.15, 0.2) is 53.4 Å². The largest absolute Gasteiger partial charge is 0.487 e. The van der Waals surface area contributed by atoms with E-state index in [1.54, 1.807) is 22.5 Å². The van der Waals surface area contributed by atoms with Crippen molar-refractivity contribution in [1.82, 2.24) is 9.21 Å². The fourth-order valence-electron chi connectivity index (χ4n) is 4.60. The first-order chi connectivity index (χ1) is 14.5. The summed E-state index contributed by atoms with van der Waals surface area (Å²) in [5.41, 5.74) is 1.06. The molecule has 30 heavy (non-hydrogen) atoms. The van der Waals surface area contributed by atoms with E-state index in [1.807, 2.05) is 18.2 Å². The van der Waals surface area contributed by atoms with Crippen molar-refractivity contribution in [2.45, 2.75) is 49.3 Å². The molecule has 0 unspecified atom stereocenters. The number of hydrogen-bond acceptors (Lipinski definition) is 4. The summed E-state index contributed by atoms with van der Waals surface area (Å²) in [5.74, 6) is 0.701. The van der Waals surface area contributed by atoms with Crippen LogP contribution in [-0.4, -0.2) is 49.4 Å². The molecule has 2 aromatic carbocycles. The summed E-state index contributed by atoms with van der Waals surface area (Å²) in [7, 11) is -3.59. The Morgan fingerprint density at radius 2 is 1.70 bits per heavy atom. The topological polar surface area (TPSA) is 49.9 Å². The van der Waals surface area contributed by atoms with E-state index in [2.05, 4.69) is 4.90 Å². The van der Waals surface area contributed by atoms with Crippen LogP contribution in [-0.2, 0) is 16.6 Å². The van der Waals surface area contributed by atoms with Crippen molar-refractivity contribution >= 4 is 10.0 Å². The summed E-state index contributed by atoms with van der Waals surface area (Å²) < 4.78 is 48.4. The van der Waals surface area contributed by atoms with Crippen LogP contribution in [0.2, 0.25) is 0 Å². The van der Waals surface area contributed by atoms with Gasteiger partial charge in [0, 0.05) is 26.2 Å². The van der Waals surface area contributed by atoms with Crippen LogP contribution < -0.4 is 4.74 Å². The minimum Gasteiger partial charge on any atom is -0.487 e. The molecule has 2 heterocycles. The molecule has 2 atom stereocenters. The fraction of sp³-hybridized carbons (Fsp3) is 0.478. The molecule has 0 aromatic heterocycles. The smallest absolute Gasteiger partial charge is 0.247 e. The monoisotopic (exact) mass is 430 g/mol. The SMILES string of the molecule is O=S1(=O)c2ccccc2O[C@H]2CCN(Cc3ccc(F)cc3)CC[C@@H]2N1CC1CC1. The average Bonchev–Trinajstić information content (AvgIpc) is 3.57. The maximum absolute atomic E-state index is 13.6. The van der Waals surface area contributed by atoms with Gasteiger partial charge in [-0.15, -0.1) is 0 Å². The van der Waals surface area contributed by atoms with Gasteiger partial charge in [0.2, 0.25) is 10.0 Å². The molecule has 0 spiro atoms. The molecular weight excluding hydrogens is 403 g/mol. The Morgan fingerprint density at radius 1 is 0.967 bits per heavy atom. The van der Waals surface area contributed by atoms with E-state index in [1.165, 1.54) is 12.1 Å². The standard InChI is InChI=1S/C23H27FN2O3S/c24-19-9-7-17(8-10-19)15-25-13-11-20-21(12-14-25)29-22-3-1-2-4-23(22)30(27,28)26(20)16-18-5-6-18/h1-4,7-10,18,20-21H,5-6,11-16H2/t20-,21-/m0/s1. The molecule has 2 fully saturated rings. The highest BCUT2D eigenvalue weighted by atomic mass is 32.2. The van der Waals surface area contributed by atoms with E-state index in [4.69, 9.17) is 4.74 Å². The zero-order valence-electron chi connectivity index (χ0n) is 16.9. The second-order valence-corrected chi connectivity index (χ2v) is 10.5. The van der Waals surface area contributed by atoms with E-state index in [0.717, 1.165) is 50.9 Å². The van der Waals surface area contributed by atoms with Gasteiger partial charge in [-0.3, -0.25) is 4.90 Å². The fourth-order valence-corrected chi connectivity index (χ4v) is 6.48. The molecule has 0 amide bonds. The lowest BCUT2D eigenvalue weighted by atomic mass is 10.1. The van der Waals surface area contributed by atoms with E-state index >= 15 is 0 Å². The number of halogens is 1. The highest BCUT2D eigenvalue weighted by Gasteiger charge is 2.45. The molecule has 3 aliphatic rings. The van der Waals surface area contributed by atoms with Crippen LogP contribution in [0.3, 0.4) is 0 Å². The lowest BCUT2D eigenvalue weighted by Gasteiger charge is -2.31. The van der Waals surface area contributed by atoms with Crippen LogP contribution in [0.4, 0.5) is 4.39 Å². The number of rotatable bonds is 4. The summed E-state index contributed by atoms with van der Waals surface area (Å²) in [6.45, 7) is 2.91. The molecule has 1 aliphatic carbocycles. The number of hydrogen-bond donors (Lipinski definition) is 0. The molecule has 1 saturated carbocycles. The Bertz CT molecular complexity index is 1010. The van der Waals surface area contributed by atoms with Crippen molar-refractivity contribution in [2.24, 2.45) is 5.92 Å². The van der Waals surface area contributed by atoms with Gasteiger partial charge in [0.15, 0.2) is 0 Å². The van der Waals surface area contributed by atoms with E-state index < -0.39 is 10.0 Å². The van der Waals surface area contributed by atoms with Gasteiger partial charge in [0.25, 0.3) is 0 Å². The normalized spacial score (nSPS) is 26.7. The predicted octanol–water partition coefficient (Wildman–Crippen LogP) is 3.65. The summed E-state index contributed by atoms with van der Waals surface area (Å²) >= 11 is 0. The molecule has 0 radical (unpaired) electrons. The number of benzene rings is 2. The molecule has 2 aromatic rings. The van der Waals surface area contributed by atoms with Crippen molar-refractivity contribution in [3.8, 4) is 5.75 Å². The first kappa shape index (κ1) is 20.0. The molecule has 5 rings (SSSR count). The van der Waals surface area contributed by atoms with E-state index in [9.17, 15) is 12.8 Å². The average molecular weight is 431 g/mol. The molecule has 0 N–H and O–H groups in total. The highest BCUT2D eigenvalue weighted by Crippen LogP contribution is 2.39. The first-order valence-corrected chi connectivity index (χ1v) is 12.2. The number of fused-ring (bicyclic) bond motifs is 2. The quantitative estimate of drug-likeness (QED) is 0.743.